The summed E-state index contributed by atoms with van der Waals surface area (Å²) in [5.74, 6) is 0.308. The van der Waals surface area contributed by atoms with Crippen molar-refractivity contribution in [3.8, 4) is 5.75 Å². The number of carbonyl (C=O) groups excluding carboxylic acids is 1. The van der Waals surface area contributed by atoms with Gasteiger partial charge in [0.15, 0.2) is 0 Å². The number of carboxylic acids is 1. The van der Waals surface area contributed by atoms with E-state index in [1.807, 2.05) is 6.26 Å². The van der Waals surface area contributed by atoms with Crippen LogP contribution in [0.5, 0.6) is 5.75 Å². The van der Waals surface area contributed by atoms with Crippen LogP contribution in [0.3, 0.4) is 0 Å². The van der Waals surface area contributed by atoms with Crippen molar-refractivity contribution >= 4 is 29.4 Å². The zero-order chi connectivity index (χ0) is 15.0. The number of aliphatic carboxylic acids is 1. The molecule has 0 saturated heterocycles. The molecule has 0 spiro atoms. The molecule has 0 bridgehead atoms. The van der Waals surface area contributed by atoms with Crippen LogP contribution in [0.15, 0.2) is 24.3 Å². The number of anilines is 1. The van der Waals surface area contributed by atoms with E-state index in [9.17, 15) is 9.59 Å². The summed E-state index contributed by atoms with van der Waals surface area (Å²) in [7, 11) is 1.55. The minimum Gasteiger partial charge on any atom is -0.497 e. The Hall–Kier alpha value is -1.89. The number of benzene rings is 1. The second kappa shape index (κ2) is 8.31. The van der Waals surface area contributed by atoms with E-state index < -0.39 is 18.0 Å². The summed E-state index contributed by atoms with van der Waals surface area (Å²) < 4.78 is 5.01. The number of hydrogen-bond acceptors (Lipinski definition) is 4. The lowest BCUT2D eigenvalue weighted by Gasteiger charge is -2.14. The van der Waals surface area contributed by atoms with Crippen LogP contribution in [0.25, 0.3) is 0 Å². The molecule has 6 nitrogen and oxygen atoms in total. The topological polar surface area (TPSA) is 87.7 Å². The van der Waals surface area contributed by atoms with E-state index in [0.717, 1.165) is 0 Å². The molecule has 1 aromatic carbocycles. The van der Waals surface area contributed by atoms with Crippen molar-refractivity contribution < 1.29 is 19.4 Å². The highest BCUT2D eigenvalue weighted by atomic mass is 32.2. The first-order valence-electron chi connectivity index (χ1n) is 6.00. The Labute approximate surface area is 121 Å². The monoisotopic (exact) mass is 298 g/mol. The van der Waals surface area contributed by atoms with E-state index in [-0.39, 0.29) is 0 Å². The van der Waals surface area contributed by atoms with Crippen molar-refractivity contribution in [3.05, 3.63) is 24.3 Å². The maximum absolute atomic E-state index is 11.7. The van der Waals surface area contributed by atoms with Crippen molar-refractivity contribution in [2.45, 2.75) is 12.5 Å². The average Bonchev–Trinajstić information content (AvgIpc) is 2.44. The van der Waals surface area contributed by atoms with Crippen LogP contribution in [0.4, 0.5) is 10.5 Å². The standard InChI is InChI=1S/C13H18N2O4S/c1-19-10-5-3-9(4-6-10)14-13(18)15-11(12(16)17)7-8-20-2/h3-6,11H,7-8H2,1-2H3,(H,16,17)(H2,14,15,18). The SMILES string of the molecule is COc1ccc(NC(=O)NC(CCSC)C(=O)O)cc1. The van der Waals surface area contributed by atoms with Crippen LogP contribution < -0.4 is 15.4 Å². The molecule has 0 aliphatic rings. The van der Waals surface area contributed by atoms with E-state index in [1.54, 1.807) is 31.4 Å². The van der Waals surface area contributed by atoms with Gasteiger partial charge in [0, 0.05) is 5.69 Å². The summed E-state index contributed by atoms with van der Waals surface area (Å²) in [6, 6.07) is 5.34. The predicted octanol–water partition coefficient (Wildman–Crippen LogP) is 2.02. The molecule has 0 fully saturated rings. The summed E-state index contributed by atoms with van der Waals surface area (Å²) in [5, 5.41) is 14.0. The molecule has 3 N–H and O–H groups in total. The van der Waals surface area contributed by atoms with Gasteiger partial charge in [-0.15, -0.1) is 0 Å². The van der Waals surface area contributed by atoms with Gasteiger partial charge in [-0.3, -0.25) is 0 Å². The molecule has 20 heavy (non-hydrogen) atoms. The minimum atomic E-state index is -1.04. The number of carbonyl (C=O) groups is 2. The van der Waals surface area contributed by atoms with Crippen molar-refractivity contribution in [2.24, 2.45) is 0 Å². The summed E-state index contributed by atoms with van der Waals surface area (Å²) in [5.41, 5.74) is 0.567. The van der Waals surface area contributed by atoms with Gasteiger partial charge in [0.05, 0.1) is 7.11 Å². The Morgan fingerprint density at radius 3 is 2.50 bits per heavy atom. The largest absolute Gasteiger partial charge is 0.497 e. The van der Waals surface area contributed by atoms with Gasteiger partial charge in [-0.1, -0.05) is 0 Å². The molecule has 7 heteroatoms. The maximum Gasteiger partial charge on any atom is 0.326 e. The average molecular weight is 298 g/mol. The summed E-state index contributed by atoms with van der Waals surface area (Å²) in [6.45, 7) is 0. The fourth-order valence-electron chi connectivity index (χ4n) is 1.49. The van der Waals surface area contributed by atoms with Gasteiger partial charge in [0.2, 0.25) is 0 Å². The van der Waals surface area contributed by atoms with Crippen molar-refractivity contribution in [1.82, 2.24) is 5.32 Å². The Morgan fingerprint density at radius 2 is 2.00 bits per heavy atom. The van der Waals surface area contributed by atoms with Gasteiger partial charge in [-0.05, 0) is 42.7 Å². The molecule has 0 heterocycles. The molecule has 110 valence electrons. The van der Waals surface area contributed by atoms with Gasteiger partial charge in [-0.25, -0.2) is 9.59 Å². The van der Waals surface area contributed by atoms with Crippen LogP contribution in [0, 0.1) is 0 Å². The Morgan fingerprint density at radius 1 is 1.35 bits per heavy atom. The number of urea groups is 1. The third kappa shape index (κ3) is 5.40. The second-order valence-corrected chi connectivity index (χ2v) is 4.98. The molecular weight excluding hydrogens is 280 g/mol. The van der Waals surface area contributed by atoms with Crippen molar-refractivity contribution in [2.75, 3.05) is 24.4 Å². The lowest BCUT2D eigenvalue weighted by molar-refractivity contribution is -0.139. The van der Waals surface area contributed by atoms with Crippen LogP contribution in [-0.2, 0) is 4.79 Å². The molecule has 1 rings (SSSR count). The maximum atomic E-state index is 11.7. The first-order valence-corrected chi connectivity index (χ1v) is 7.39. The fraction of sp³-hybridized carbons (Fsp3) is 0.385. The number of methoxy groups -OCH3 is 1. The first-order chi connectivity index (χ1) is 9.56. The molecule has 0 aliphatic carbocycles. The van der Waals surface area contributed by atoms with Gasteiger partial charge < -0.3 is 20.5 Å². The summed E-state index contributed by atoms with van der Waals surface area (Å²) in [6.07, 6.45) is 2.27. The molecule has 0 aliphatic heterocycles. The lowest BCUT2D eigenvalue weighted by atomic mass is 10.2. The minimum absolute atomic E-state index is 0.381. The van der Waals surface area contributed by atoms with E-state index in [0.29, 0.717) is 23.6 Å². The van der Waals surface area contributed by atoms with Gasteiger partial charge in [-0.2, -0.15) is 11.8 Å². The van der Waals surface area contributed by atoms with Crippen molar-refractivity contribution in [3.63, 3.8) is 0 Å². The lowest BCUT2D eigenvalue weighted by Crippen LogP contribution is -2.43. The second-order valence-electron chi connectivity index (χ2n) is 4.00. The molecule has 1 aromatic rings. The first kappa shape index (κ1) is 16.2. The molecule has 0 saturated carbocycles. The van der Waals surface area contributed by atoms with E-state index in [1.165, 1.54) is 11.8 Å². The number of rotatable bonds is 7. The number of ether oxygens (including phenoxy) is 1. The summed E-state index contributed by atoms with van der Waals surface area (Å²) >= 11 is 1.53. The highest BCUT2D eigenvalue weighted by Crippen LogP contribution is 2.14. The number of hydrogen-bond donors (Lipinski definition) is 3. The summed E-state index contributed by atoms with van der Waals surface area (Å²) in [4.78, 5) is 22.7. The van der Waals surface area contributed by atoms with Crippen LogP contribution >= 0.6 is 11.8 Å². The Kier molecular flexibility index (Phi) is 6.72. The zero-order valence-corrected chi connectivity index (χ0v) is 12.2. The van der Waals surface area contributed by atoms with Crippen LogP contribution in [-0.4, -0.2) is 42.3 Å². The van der Waals surface area contributed by atoms with E-state index in [2.05, 4.69) is 10.6 Å². The van der Waals surface area contributed by atoms with Crippen molar-refractivity contribution in [1.29, 1.82) is 0 Å². The van der Waals surface area contributed by atoms with E-state index >= 15 is 0 Å². The normalized spacial score (nSPS) is 11.5. The van der Waals surface area contributed by atoms with Crippen LogP contribution in [0.2, 0.25) is 0 Å². The smallest absolute Gasteiger partial charge is 0.326 e. The number of nitrogens with one attached hydrogen (secondary N) is 2. The van der Waals surface area contributed by atoms with Gasteiger partial charge >= 0.3 is 12.0 Å². The predicted molar refractivity (Wildman–Crippen MR) is 79.6 cm³/mol. The number of amides is 2. The third-order valence-electron chi connectivity index (χ3n) is 2.56. The fourth-order valence-corrected chi connectivity index (χ4v) is 1.96. The molecule has 2 amide bonds. The molecular formula is C13H18N2O4S. The van der Waals surface area contributed by atoms with Crippen LogP contribution in [0.1, 0.15) is 6.42 Å². The van der Waals surface area contributed by atoms with E-state index in [4.69, 9.17) is 9.84 Å². The molecule has 0 radical (unpaired) electrons. The Balaban J connectivity index is 2.53. The molecule has 0 aromatic heterocycles. The highest BCUT2D eigenvalue weighted by Gasteiger charge is 2.19. The molecule has 1 unspecified atom stereocenters. The zero-order valence-electron chi connectivity index (χ0n) is 11.4. The highest BCUT2D eigenvalue weighted by molar-refractivity contribution is 7.98. The quantitative estimate of drug-likeness (QED) is 0.717. The number of thioether (sulfide) groups is 1. The third-order valence-corrected chi connectivity index (χ3v) is 3.21. The number of carboxylic acid groups (broad SMARTS) is 1. The Bertz CT molecular complexity index is 450. The van der Waals surface area contributed by atoms with Gasteiger partial charge in [0.1, 0.15) is 11.8 Å². The van der Waals surface area contributed by atoms with Gasteiger partial charge in [0.25, 0.3) is 0 Å². The molecule has 1 atom stereocenters.